The summed E-state index contributed by atoms with van der Waals surface area (Å²) in [5.41, 5.74) is 0.198. The fourth-order valence-electron chi connectivity index (χ4n) is 1.55. The maximum absolute atomic E-state index is 9.75. The van der Waals surface area contributed by atoms with E-state index in [-0.39, 0.29) is 11.5 Å². The summed E-state index contributed by atoms with van der Waals surface area (Å²) in [5, 5.41) is 15.1. The first kappa shape index (κ1) is 12.7. The van der Waals surface area contributed by atoms with Gasteiger partial charge in [0.2, 0.25) is 0 Å². The van der Waals surface area contributed by atoms with Crippen molar-refractivity contribution in [1.29, 1.82) is 0 Å². The minimum absolute atomic E-state index is 0.198. The molecular formula is C12H21NOS. The van der Waals surface area contributed by atoms with Gasteiger partial charge < -0.3 is 10.4 Å². The molecular weight excluding hydrogens is 206 g/mol. The van der Waals surface area contributed by atoms with Crippen LogP contribution in [-0.4, -0.2) is 17.8 Å². The normalized spacial score (nSPS) is 14.1. The third kappa shape index (κ3) is 5.92. The van der Waals surface area contributed by atoms with Crippen LogP contribution in [0.2, 0.25) is 0 Å². The maximum atomic E-state index is 9.75. The molecule has 0 radical (unpaired) electrons. The van der Waals surface area contributed by atoms with Crippen LogP contribution in [0.15, 0.2) is 17.5 Å². The number of aliphatic hydroxyl groups excluding tert-OH is 1. The van der Waals surface area contributed by atoms with Gasteiger partial charge in [-0.05, 0) is 23.3 Å². The molecule has 0 fully saturated rings. The van der Waals surface area contributed by atoms with E-state index in [0.29, 0.717) is 6.54 Å². The highest BCUT2D eigenvalue weighted by Gasteiger charge is 2.15. The fraction of sp³-hybridized carbons (Fsp3) is 0.667. The Morgan fingerprint density at radius 1 is 1.47 bits per heavy atom. The standard InChI is InChI=1S/C12H21NOS/c1-12(2,3)7-10(14)8-13-9-11-5-4-6-15-11/h4-6,10,13-14H,7-9H2,1-3H3. The molecule has 0 bridgehead atoms. The van der Waals surface area contributed by atoms with Crippen LogP contribution < -0.4 is 5.32 Å². The Morgan fingerprint density at radius 2 is 2.20 bits per heavy atom. The van der Waals surface area contributed by atoms with E-state index in [0.717, 1.165) is 13.0 Å². The lowest BCUT2D eigenvalue weighted by molar-refractivity contribution is 0.119. The molecule has 0 saturated carbocycles. The molecule has 0 aliphatic carbocycles. The molecule has 2 nitrogen and oxygen atoms in total. The zero-order chi connectivity index (χ0) is 11.3. The SMILES string of the molecule is CC(C)(C)CC(O)CNCc1cccs1. The van der Waals surface area contributed by atoms with E-state index in [9.17, 15) is 5.11 Å². The van der Waals surface area contributed by atoms with Crippen LogP contribution >= 0.6 is 11.3 Å². The molecule has 0 aliphatic heterocycles. The molecule has 15 heavy (non-hydrogen) atoms. The summed E-state index contributed by atoms with van der Waals surface area (Å²) in [7, 11) is 0. The Labute approximate surface area is 96.3 Å². The number of thiophene rings is 1. The van der Waals surface area contributed by atoms with Gasteiger partial charge in [0, 0.05) is 18.0 Å². The molecule has 1 atom stereocenters. The molecule has 0 saturated heterocycles. The molecule has 1 aromatic heterocycles. The molecule has 3 heteroatoms. The Kier molecular flexibility index (Phi) is 4.77. The fourth-order valence-corrected chi connectivity index (χ4v) is 2.23. The molecule has 86 valence electrons. The summed E-state index contributed by atoms with van der Waals surface area (Å²) in [5.74, 6) is 0. The van der Waals surface area contributed by atoms with Crippen molar-refractivity contribution in [3.8, 4) is 0 Å². The second-order valence-corrected chi connectivity index (χ2v) is 6.16. The van der Waals surface area contributed by atoms with Gasteiger partial charge in [-0.15, -0.1) is 11.3 Å². The second-order valence-electron chi connectivity index (χ2n) is 5.13. The van der Waals surface area contributed by atoms with Crippen molar-refractivity contribution in [2.45, 2.75) is 39.8 Å². The monoisotopic (exact) mass is 227 g/mol. The van der Waals surface area contributed by atoms with Crippen LogP contribution in [0.25, 0.3) is 0 Å². The first-order valence-corrected chi connectivity index (χ1v) is 6.26. The number of rotatable bonds is 5. The van der Waals surface area contributed by atoms with E-state index in [2.05, 4.69) is 37.5 Å². The maximum Gasteiger partial charge on any atom is 0.0669 e. The van der Waals surface area contributed by atoms with E-state index in [1.807, 2.05) is 6.07 Å². The highest BCUT2D eigenvalue weighted by Crippen LogP contribution is 2.20. The lowest BCUT2D eigenvalue weighted by Crippen LogP contribution is -2.29. The van der Waals surface area contributed by atoms with Gasteiger partial charge in [-0.1, -0.05) is 26.8 Å². The Hall–Kier alpha value is -0.380. The lowest BCUT2D eigenvalue weighted by Gasteiger charge is -2.22. The van der Waals surface area contributed by atoms with E-state index >= 15 is 0 Å². The zero-order valence-electron chi connectivity index (χ0n) is 9.79. The van der Waals surface area contributed by atoms with Crippen molar-refractivity contribution in [2.75, 3.05) is 6.54 Å². The van der Waals surface area contributed by atoms with Gasteiger partial charge in [0.1, 0.15) is 0 Å². The van der Waals surface area contributed by atoms with Crippen molar-refractivity contribution in [3.63, 3.8) is 0 Å². The number of hydrogen-bond donors (Lipinski definition) is 2. The van der Waals surface area contributed by atoms with Gasteiger partial charge in [0.15, 0.2) is 0 Å². The molecule has 0 aromatic carbocycles. The van der Waals surface area contributed by atoms with Crippen molar-refractivity contribution in [3.05, 3.63) is 22.4 Å². The minimum atomic E-state index is -0.245. The van der Waals surface area contributed by atoms with Crippen LogP contribution in [-0.2, 0) is 6.54 Å². The summed E-state index contributed by atoms with van der Waals surface area (Å²) in [6.45, 7) is 7.98. The summed E-state index contributed by atoms with van der Waals surface area (Å²) in [6.07, 6.45) is 0.592. The number of hydrogen-bond acceptors (Lipinski definition) is 3. The molecule has 0 spiro atoms. The molecule has 0 amide bonds. The highest BCUT2D eigenvalue weighted by molar-refractivity contribution is 7.09. The predicted octanol–water partition coefficient (Wildman–Crippen LogP) is 2.63. The summed E-state index contributed by atoms with van der Waals surface area (Å²) < 4.78 is 0. The van der Waals surface area contributed by atoms with Crippen molar-refractivity contribution in [2.24, 2.45) is 5.41 Å². The number of nitrogens with one attached hydrogen (secondary N) is 1. The Morgan fingerprint density at radius 3 is 2.73 bits per heavy atom. The van der Waals surface area contributed by atoms with Gasteiger partial charge in [-0.25, -0.2) is 0 Å². The molecule has 0 aliphatic rings. The van der Waals surface area contributed by atoms with Crippen LogP contribution in [0, 0.1) is 5.41 Å². The molecule has 2 N–H and O–H groups in total. The summed E-state index contributed by atoms with van der Waals surface area (Å²) in [4.78, 5) is 1.32. The van der Waals surface area contributed by atoms with Gasteiger partial charge in [-0.2, -0.15) is 0 Å². The average Bonchev–Trinajstić information content (AvgIpc) is 2.53. The van der Waals surface area contributed by atoms with Gasteiger partial charge in [0.05, 0.1) is 6.10 Å². The van der Waals surface area contributed by atoms with Crippen LogP contribution in [0.1, 0.15) is 32.1 Å². The minimum Gasteiger partial charge on any atom is -0.392 e. The topological polar surface area (TPSA) is 32.3 Å². The van der Waals surface area contributed by atoms with E-state index < -0.39 is 0 Å². The molecule has 1 heterocycles. The predicted molar refractivity (Wildman–Crippen MR) is 66.1 cm³/mol. The third-order valence-corrected chi connectivity index (χ3v) is 2.98. The molecule has 1 aromatic rings. The quantitative estimate of drug-likeness (QED) is 0.810. The van der Waals surface area contributed by atoms with Crippen molar-refractivity contribution >= 4 is 11.3 Å². The third-order valence-electron chi connectivity index (χ3n) is 2.11. The van der Waals surface area contributed by atoms with Gasteiger partial charge >= 0.3 is 0 Å². The first-order chi connectivity index (χ1) is 6.97. The van der Waals surface area contributed by atoms with E-state index in [4.69, 9.17) is 0 Å². The zero-order valence-corrected chi connectivity index (χ0v) is 10.6. The molecule has 1 unspecified atom stereocenters. The Balaban J connectivity index is 2.15. The average molecular weight is 227 g/mol. The van der Waals surface area contributed by atoms with Gasteiger partial charge in [0.25, 0.3) is 0 Å². The number of aliphatic hydroxyl groups is 1. The van der Waals surface area contributed by atoms with Crippen LogP contribution in [0.5, 0.6) is 0 Å². The van der Waals surface area contributed by atoms with Crippen LogP contribution in [0.3, 0.4) is 0 Å². The van der Waals surface area contributed by atoms with E-state index in [1.54, 1.807) is 11.3 Å². The summed E-state index contributed by atoms with van der Waals surface area (Å²) >= 11 is 1.74. The van der Waals surface area contributed by atoms with Crippen LogP contribution in [0.4, 0.5) is 0 Å². The largest absolute Gasteiger partial charge is 0.392 e. The first-order valence-electron chi connectivity index (χ1n) is 5.38. The smallest absolute Gasteiger partial charge is 0.0669 e. The lowest BCUT2D eigenvalue weighted by atomic mass is 9.89. The highest BCUT2D eigenvalue weighted by atomic mass is 32.1. The van der Waals surface area contributed by atoms with Gasteiger partial charge in [-0.3, -0.25) is 0 Å². The van der Waals surface area contributed by atoms with Crippen molar-refractivity contribution in [1.82, 2.24) is 5.32 Å². The Bertz CT molecular complexity index is 264. The summed E-state index contributed by atoms with van der Waals surface area (Å²) in [6, 6.07) is 4.15. The second kappa shape index (κ2) is 5.64. The van der Waals surface area contributed by atoms with Crippen molar-refractivity contribution < 1.29 is 5.11 Å². The molecule has 1 rings (SSSR count). The van der Waals surface area contributed by atoms with E-state index in [1.165, 1.54) is 4.88 Å².